The topological polar surface area (TPSA) is 12.9 Å². The maximum atomic E-state index is 3.85. The second-order valence-corrected chi connectivity index (χ2v) is 1.85. The highest BCUT2D eigenvalue weighted by molar-refractivity contribution is 9.10. The zero-order chi connectivity index (χ0) is 5.82. The van der Waals surface area contributed by atoms with Crippen molar-refractivity contribution in [3.63, 3.8) is 0 Å². The lowest BCUT2D eigenvalue weighted by Gasteiger charge is -1.87. The second kappa shape index (κ2) is 2.82. The summed E-state index contributed by atoms with van der Waals surface area (Å²) in [6.07, 6.45) is 3.51. The van der Waals surface area contributed by atoms with Crippen molar-refractivity contribution < 1.29 is 0 Å². The Morgan fingerprint density at radius 3 is 2.38 bits per heavy atom. The van der Waals surface area contributed by atoms with E-state index in [9.17, 15) is 0 Å². The van der Waals surface area contributed by atoms with Crippen molar-refractivity contribution in [1.82, 2.24) is 4.98 Å². The van der Waals surface area contributed by atoms with E-state index in [1.807, 2.05) is 17.5 Å². The van der Waals surface area contributed by atoms with Crippen LogP contribution in [0.5, 0.6) is 0 Å². The third-order valence-corrected chi connectivity index (χ3v) is 1.36. The zero-order valence-electron chi connectivity index (χ0n) is 4.21. The molecule has 0 amide bonds. The zero-order valence-corrected chi connectivity index (χ0v) is 5.80. The molecule has 0 aliphatic heterocycles. The number of pyridine rings is 1. The molecule has 0 atom stereocenters. The molecule has 0 spiro atoms. The minimum absolute atomic E-state index is 1.14. The van der Waals surface area contributed by atoms with Crippen LogP contribution < -0.4 is 0 Å². The van der Waals surface area contributed by atoms with Gasteiger partial charge in [0, 0.05) is 12.4 Å². The van der Waals surface area contributed by atoms with Crippen LogP contribution in [0.15, 0.2) is 24.5 Å². The number of nitrogens with zero attached hydrogens (tertiary/aromatic N) is 1. The average Bonchev–Trinajstić information content (AvgIpc) is 1.90. The minimum atomic E-state index is 1.14. The van der Waals surface area contributed by atoms with Gasteiger partial charge in [-0.1, -0.05) is 15.9 Å². The van der Waals surface area contributed by atoms with Crippen molar-refractivity contribution >= 4 is 15.9 Å². The Hall–Kier alpha value is -0.370. The Balaban J connectivity index is 2.83. The lowest BCUT2D eigenvalue weighted by Crippen LogP contribution is -1.72. The van der Waals surface area contributed by atoms with Gasteiger partial charge in [0.1, 0.15) is 0 Å². The van der Waals surface area contributed by atoms with Gasteiger partial charge < -0.3 is 0 Å². The van der Waals surface area contributed by atoms with E-state index in [4.69, 9.17) is 0 Å². The van der Waals surface area contributed by atoms with Crippen molar-refractivity contribution in [3.05, 3.63) is 35.4 Å². The monoisotopic (exact) mass is 170 g/mol. The molecular formula is C6H5BrN. The first-order valence-corrected chi connectivity index (χ1v) is 3.18. The molecular weight excluding hydrogens is 166 g/mol. The van der Waals surface area contributed by atoms with Crippen LogP contribution in [-0.2, 0) is 0 Å². The number of aromatic nitrogens is 1. The van der Waals surface area contributed by atoms with Gasteiger partial charge >= 0.3 is 0 Å². The van der Waals surface area contributed by atoms with Gasteiger partial charge in [-0.3, -0.25) is 4.98 Å². The number of halogens is 1. The highest BCUT2D eigenvalue weighted by Gasteiger charge is 1.82. The van der Waals surface area contributed by atoms with Gasteiger partial charge in [0.25, 0.3) is 0 Å². The van der Waals surface area contributed by atoms with Gasteiger partial charge in [-0.15, -0.1) is 0 Å². The van der Waals surface area contributed by atoms with E-state index in [1.165, 1.54) is 0 Å². The molecule has 1 aromatic rings. The summed E-state index contributed by atoms with van der Waals surface area (Å²) in [6.45, 7) is 0. The van der Waals surface area contributed by atoms with E-state index < -0.39 is 0 Å². The molecule has 1 rings (SSSR count). The van der Waals surface area contributed by atoms with Gasteiger partial charge in [-0.2, -0.15) is 0 Å². The minimum Gasteiger partial charge on any atom is -0.265 e. The van der Waals surface area contributed by atoms with Gasteiger partial charge in [0.2, 0.25) is 0 Å². The Morgan fingerprint density at radius 1 is 1.38 bits per heavy atom. The maximum Gasteiger partial charge on any atom is 0.0562 e. The van der Waals surface area contributed by atoms with Crippen LogP contribution in [0.25, 0.3) is 0 Å². The first-order valence-electron chi connectivity index (χ1n) is 2.27. The quantitative estimate of drug-likeness (QED) is 0.629. The summed E-state index contributed by atoms with van der Waals surface area (Å²) in [5.74, 6) is 0. The number of hydrogen-bond donors (Lipinski definition) is 0. The van der Waals surface area contributed by atoms with Crippen LogP contribution in [0.2, 0.25) is 0 Å². The standard InChI is InChI=1S/C6H5BrN/c7-5-6-1-3-8-4-2-6/h1-5H. The summed E-state index contributed by atoms with van der Waals surface area (Å²) in [7, 11) is 0. The highest BCUT2D eigenvalue weighted by atomic mass is 79.9. The van der Waals surface area contributed by atoms with Crippen LogP contribution in [0.1, 0.15) is 5.56 Å². The third-order valence-electron chi connectivity index (χ3n) is 0.832. The van der Waals surface area contributed by atoms with Crippen molar-refractivity contribution in [2.75, 3.05) is 0 Å². The lowest BCUT2D eigenvalue weighted by atomic mass is 10.3. The smallest absolute Gasteiger partial charge is 0.0562 e. The third kappa shape index (κ3) is 1.30. The SMILES string of the molecule is Br[CH]c1ccncc1. The summed E-state index contributed by atoms with van der Waals surface area (Å²) in [5, 5.41) is 1.86. The molecule has 0 N–H and O–H groups in total. The van der Waals surface area contributed by atoms with Crippen molar-refractivity contribution in [2.24, 2.45) is 0 Å². The Bertz CT molecular complexity index is 150. The van der Waals surface area contributed by atoms with Crippen molar-refractivity contribution in [3.8, 4) is 0 Å². The maximum absolute atomic E-state index is 3.85. The normalized spacial score (nSPS) is 9.12. The fraction of sp³-hybridized carbons (Fsp3) is 0. The fourth-order valence-electron chi connectivity index (χ4n) is 0.436. The van der Waals surface area contributed by atoms with Gasteiger partial charge in [-0.25, -0.2) is 0 Å². The summed E-state index contributed by atoms with van der Waals surface area (Å²) < 4.78 is 0. The molecule has 0 saturated heterocycles. The lowest BCUT2D eigenvalue weighted by molar-refractivity contribution is 1.31. The Labute approximate surface area is 56.9 Å². The summed E-state index contributed by atoms with van der Waals surface area (Å²) in [6, 6.07) is 3.85. The molecule has 41 valence electrons. The molecule has 0 saturated carbocycles. The van der Waals surface area contributed by atoms with Crippen molar-refractivity contribution in [2.45, 2.75) is 0 Å². The molecule has 0 aromatic carbocycles. The van der Waals surface area contributed by atoms with Crippen LogP contribution in [0.4, 0.5) is 0 Å². The van der Waals surface area contributed by atoms with Crippen LogP contribution >= 0.6 is 15.9 Å². The van der Waals surface area contributed by atoms with E-state index in [1.54, 1.807) is 12.4 Å². The molecule has 1 nitrogen and oxygen atoms in total. The largest absolute Gasteiger partial charge is 0.265 e. The predicted molar refractivity (Wildman–Crippen MR) is 36.6 cm³/mol. The molecule has 0 aliphatic carbocycles. The first-order chi connectivity index (χ1) is 3.93. The predicted octanol–water partition coefficient (Wildman–Crippen LogP) is 1.99. The van der Waals surface area contributed by atoms with E-state index in [-0.39, 0.29) is 0 Å². The molecule has 1 radical (unpaired) electrons. The van der Waals surface area contributed by atoms with Crippen LogP contribution in [0, 0.1) is 5.33 Å². The van der Waals surface area contributed by atoms with E-state index in [0.29, 0.717) is 0 Å². The van der Waals surface area contributed by atoms with Gasteiger partial charge in [0.05, 0.1) is 5.33 Å². The molecule has 8 heavy (non-hydrogen) atoms. The number of hydrogen-bond acceptors (Lipinski definition) is 1. The Morgan fingerprint density at radius 2 is 2.00 bits per heavy atom. The van der Waals surface area contributed by atoms with E-state index in [2.05, 4.69) is 20.9 Å². The van der Waals surface area contributed by atoms with Crippen LogP contribution in [-0.4, -0.2) is 4.98 Å². The average molecular weight is 171 g/mol. The molecule has 0 bridgehead atoms. The molecule has 0 aliphatic rings. The van der Waals surface area contributed by atoms with Crippen molar-refractivity contribution in [1.29, 1.82) is 0 Å². The molecule has 1 heterocycles. The van der Waals surface area contributed by atoms with E-state index in [0.717, 1.165) is 5.56 Å². The fourth-order valence-corrected chi connectivity index (χ4v) is 0.741. The second-order valence-electron chi connectivity index (χ2n) is 1.39. The molecule has 0 fully saturated rings. The first kappa shape index (κ1) is 5.76. The summed E-state index contributed by atoms with van der Waals surface area (Å²) in [4.78, 5) is 3.85. The number of rotatable bonds is 1. The summed E-state index contributed by atoms with van der Waals surface area (Å²) >= 11 is 3.20. The van der Waals surface area contributed by atoms with Gasteiger partial charge in [-0.05, 0) is 17.7 Å². The molecule has 0 unspecified atom stereocenters. The van der Waals surface area contributed by atoms with Crippen LogP contribution in [0.3, 0.4) is 0 Å². The highest BCUT2D eigenvalue weighted by Crippen LogP contribution is 2.03. The molecule has 1 aromatic heterocycles. The van der Waals surface area contributed by atoms with Gasteiger partial charge in [0.15, 0.2) is 0 Å². The Kier molecular flexibility index (Phi) is 2.03. The van der Waals surface area contributed by atoms with E-state index >= 15 is 0 Å². The summed E-state index contributed by atoms with van der Waals surface area (Å²) in [5.41, 5.74) is 1.14. The molecule has 2 heteroatoms.